The smallest absolute Gasteiger partial charge is 0.117 e. The molecule has 3 aromatic carbocycles. The van der Waals surface area contributed by atoms with Crippen LogP contribution < -0.4 is 0 Å². The van der Waals surface area contributed by atoms with Crippen LogP contribution in [0.25, 0.3) is 0 Å². The summed E-state index contributed by atoms with van der Waals surface area (Å²) in [5, 5.41) is 0. The molecule has 1 fully saturated rings. The number of aryl methyl sites for hydroxylation is 2. The number of nitrogens with zero attached hydrogens (tertiary/aromatic N) is 1. The molecule has 0 aromatic heterocycles. The second kappa shape index (κ2) is 8.44. The highest BCUT2D eigenvalue weighted by Crippen LogP contribution is 2.66. The topological polar surface area (TPSA) is 12.5 Å². The predicted octanol–water partition coefficient (Wildman–Crippen LogP) is 5.90. The number of hydrogen-bond donors (Lipinski definition) is 0. The van der Waals surface area contributed by atoms with Gasteiger partial charge in [0.1, 0.15) is 14.4 Å². The molecule has 0 spiro atoms. The largest absolute Gasteiger partial charge is 0.333 e. The summed E-state index contributed by atoms with van der Waals surface area (Å²) in [5.74, 6) is 0. The van der Waals surface area contributed by atoms with E-state index in [-0.39, 0.29) is 14.5 Å². The fourth-order valence-electron chi connectivity index (χ4n) is 4.61. The van der Waals surface area contributed by atoms with Gasteiger partial charge < -0.3 is 4.52 Å². The monoisotopic (exact) mass is 398 g/mol. The van der Waals surface area contributed by atoms with Crippen molar-refractivity contribution in [2.24, 2.45) is 0 Å². The number of benzene rings is 3. The summed E-state index contributed by atoms with van der Waals surface area (Å²) in [6.07, 6.45) is 2.34. The van der Waals surface area contributed by atoms with Gasteiger partial charge in [0.25, 0.3) is 0 Å². The van der Waals surface area contributed by atoms with Gasteiger partial charge >= 0.3 is 0 Å². The number of fused-ring (bicyclic) bond motifs is 2. The molecule has 5 rings (SSSR count). The quantitative estimate of drug-likeness (QED) is 0.394. The number of hydrogen-bond acceptors (Lipinski definition) is 2. The molecule has 4 heteroatoms. The van der Waals surface area contributed by atoms with Gasteiger partial charge in [-0.15, -0.1) is 0 Å². The maximum atomic E-state index is 6.87. The normalized spacial score (nSPS) is 24.3. The molecular weight excluding hydrogens is 372 g/mol. The van der Waals surface area contributed by atoms with Crippen molar-refractivity contribution in [3.63, 3.8) is 0 Å². The summed E-state index contributed by atoms with van der Waals surface area (Å²) < 4.78 is 9.37. The third-order valence-corrected chi connectivity index (χ3v) is 8.70. The van der Waals surface area contributed by atoms with Crippen LogP contribution in [0.15, 0.2) is 78.9 Å². The van der Waals surface area contributed by atoms with Crippen LogP contribution in [-0.2, 0) is 17.4 Å². The summed E-state index contributed by atoms with van der Waals surface area (Å²) in [6.45, 7) is 2.30. The van der Waals surface area contributed by atoms with E-state index in [1.165, 1.54) is 27.8 Å². The van der Waals surface area contributed by atoms with Gasteiger partial charge in [-0.05, 0) is 54.6 Å². The summed E-state index contributed by atoms with van der Waals surface area (Å²) >= 11 is 0. The van der Waals surface area contributed by atoms with Crippen molar-refractivity contribution in [3.8, 4) is 0 Å². The Morgan fingerprint density at radius 2 is 1.31 bits per heavy atom. The molecule has 3 radical (unpaired) electrons. The fourth-order valence-corrected chi connectivity index (χ4v) is 7.24. The lowest BCUT2D eigenvalue weighted by Gasteiger charge is -2.30. The van der Waals surface area contributed by atoms with Gasteiger partial charge in [-0.2, -0.15) is 0 Å². The Kier molecular flexibility index (Phi) is 5.92. The van der Waals surface area contributed by atoms with Crippen LogP contribution in [0.3, 0.4) is 0 Å². The van der Waals surface area contributed by atoms with E-state index >= 15 is 0 Å². The van der Waals surface area contributed by atoms with Crippen LogP contribution in [-0.4, -0.2) is 26.2 Å². The zero-order chi connectivity index (χ0) is 19.1. The molecule has 145 valence electrons. The Morgan fingerprint density at radius 3 is 1.90 bits per heavy atom. The molecule has 1 aliphatic carbocycles. The molecule has 1 heterocycles. The van der Waals surface area contributed by atoms with Crippen LogP contribution in [0.2, 0.25) is 0 Å². The molecule has 3 atom stereocenters. The third-order valence-electron chi connectivity index (χ3n) is 6.27. The van der Waals surface area contributed by atoms with Crippen molar-refractivity contribution in [1.29, 1.82) is 0 Å². The lowest BCUT2D eigenvalue weighted by Crippen LogP contribution is -2.23. The van der Waals surface area contributed by atoms with Crippen LogP contribution in [0.4, 0.5) is 0 Å². The second-order valence-electron chi connectivity index (χ2n) is 7.85. The van der Waals surface area contributed by atoms with E-state index in [9.17, 15) is 0 Å². The molecule has 0 saturated carbocycles. The molecule has 3 aromatic rings. The summed E-state index contributed by atoms with van der Waals surface area (Å²) in [4.78, 5) is 0. The first-order chi connectivity index (χ1) is 13.7. The highest BCUT2D eigenvalue weighted by molar-refractivity contribution is 7.51. The summed E-state index contributed by atoms with van der Waals surface area (Å²) in [7, 11) is 1.46. The molecule has 29 heavy (non-hydrogen) atoms. The van der Waals surface area contributed by atoms with Crippen LogP contribution >= 0.6 is 8.30 Å². The van der Waals surface area contributed by atoms with Gasteiger partial charge in [-0.1, -0.05) is 78.9 Å². The Labute approximate surface area is 177 Å². The summed E-state index contributed by atoms with van der Waals surface area (Å²) in [5.41, 5.74) is 7.42. The van der Waals surface area contributed by atoms with Crippen molar-refractivity contribution >= 4 is 16.7 Å². The van der Waals surface area contributed by atoms with Gasteiger partial charge in [-0.25, -0.2) is 0 Å². The minimum Gasteiger partial charge on any atom is -0.333 e. The van der Waals surface area contributed by atoms with Gasteiger partial charge in [-0.3, -0.25) is 4.67 Å². The van der Waals surface area contributed by atoms with Crippen LogP contribution in [0.1, 0.15) is 46.5 Å². The molecule has 2 nitrogen and oxygen atoms in total. The number of likely N-dealkylation sites (N-methyl/N-ethyl adjacent to an activating group) is 1. The van der Waals surface area contributed by atoms with Crippen LogP contribution in [0.5, 0.6) is 0 Å². The Balaban J connectivity index is 0.00000205. The fraction of sp³-hybridized carbons (Fsp3) is 0.280. The molecule has 0 bridgehead atoms. The molecule has 2 aliphatic rings. The standard InChI is InChI=1S/C25H26NOP.B/c1-18-24(21-12-4-3-5-13-21)27-28(26(18)2)25-22-14-8-6-10-19(22)16-17-20-11-7-9-15-23(20)25;/h3-15,18,24-25H,16-17H2,1-2H3;/t18-,24-,28?;/m0./s1. The first kappa shape index (κ1) is 20.4. The van der Waals surface area contributed by atoms with Crippen molar-refractivity contribution < 1.29 is 4.52 Å². The van der Waals surface area contributed by atoms with Crippen LogP contribution in [0, 0.1) is 0 Å². The lowest BCUT2D eigenvalue weighted by atomic mass is 10.00. The first-order valence-corrected chi connectivity index (χ1v) is 11.4. The highest BCUT2D eigenvalue weighted by Gasteiger charge is 2.44. The second-order valence-corrected chi connectivity index (χ2v) is 9.82. The van der Waals surface area contributed by atoms with Gasteiger partial charge in [0.15, 0.2) is 0 Å². The van der Waals surface area contributed by atoms with Gasteiger partial charge in [0.05, 0.1) is 5.66 Å². The first-order valence-electron chi connectivity index (χ1n) is 10.1. The predicted molar refractivity (Wildman–Crippen MR) is 122 cm³/mol. The average molecular weight is 398 g/mol. The van der Waals surface area contributed by atoms with E-state index in [0.29, 0.717) is 11.7 Å². The van der Waals surface area contributed by atoms with E-state index in [1.54, 1.807) is 0 Å². The van der Waals surface area contributed by atoms with E-state index < -0.39 is 8.30 Å². The highest BCUT2D eigenvalue weighted by atomic mass is 31.2. The zero-order valence-corrected chi connectivity index (χ0v) is 17.9. The average Bonchev–Trinajstić information content (AvgIpc) is 2.94. The van der Waals surface area contributed by atoms with Crippen molar-refractivity contribution in [1.82, 2.24) is 4.67 Å². The molecular formula is C25H26BNOP. The maximum absolute atomic E-state index is 6.87. The SMILES string of the molecule is C[C@H]1[C@@H](c2ccccc2)OP(C2c3ccccc3CCc3ccccc32)N1C.[B]. The molecule has 1 aliphatic heterocycles. The van der Waals surface area contributed by atoms with Crippen molar-refractivity contribution in [2.45, 2.75) is 37.6 Å². The molecule has 0 N–H and O–H groups in total. The van der Waals surface area contributed by atoms with Crippen molar-refractivity contribution in [2.75, 3.05) is 7.05 Å². The Morgan fingerprint density at radius 1 is 0.793 bits per heavy atom. The van der Waals surface area contributed by atoms with Gasteiger partial charge in [0.2, 0.25) is 0 Å². The third kappa shape index (κ3) is 3.57. The molecule has 1 unspecified atom stereocenters. The minimum absolute atomic E-state index is 0. The van der Waals surface area contributed by atoms with E-state index in [1.807, 2.05) is 0 Å². The minimum atomic E-state index is -0.784. The summed E-state index contributed by atoms with van der Waals surface area (Å²) in [6, 6.07) is 29.0. The van der Waals surface area contributed by atoms with Crippen molar-refractivity contribution in [3.05, 3.63) is 107 Å². The van der Waals surface area contributed by atoms with E-state index in [4.69, 9.17) is 4.52 Å². The maximum Gasteiger partial charge on any atom is 0.117 e. The van der Waals surface area contributed by atoms with E-state index in [0.717, 1.165) is 12.8 Å². The number of rotatable bonds is 2. The Bertz CT molecular complexity index is 932. The molecule has 1 saturated heterocycles. The Hall–Kier alpha value is -1.93. The molecule has 0 amide bonds. The lowest BCUT2D eigenvalue weighted by molar-refractivity contribution is 0.217. The van der Waals surface area contributed by atoms with Gasteiger partial charge in [0, 0.05) is 14.5 Å². The van der Waals surface area contributed by atoms with E-state index in [2.05, 4.69) is 97.5 Å². The zero-order valence-electron chi connectivity index (χ0n) is 17.0.